The largest absolute Gasteiger partial charge is 0.355 e. The molecule has 22 heavy (non-hydrogen) atoms. The molecule has 3 rings (SSSR count). The molecule has 1 N–H and O–H groups in total. The summed E-state index contributed by atoms with van der Waals surface area (Å²) in [5.41, 5.74) is 3.32. The number of carbonyl (C=O) groups excluding carboxylic acids is 1. The van der Waals surface area contributed by atoms with Crippen LogP contribution in [0.2, 0.25) is 0 Å². The maximum absolute atomic E-state index is 12.6. The maximum atomic E-state index is 12.6. The van der Waals surface area contributed by atoms with Crippen molar-refractivity contribution >= 4 is 5.91 Å². The SMILES string of the molecule is Cc1cc(C)cc(C2(C(=O)NCCCn3cncn3)CC2)c1. The molecule has 1 amide bonds. The van der Waals surface area contributed by atoms with Gasteiger partial charge in [-0.05, 0) is 38.7 Å². The van der Waals surface area contributed by atoms with Crippen molar-refractivity contribution in [2.24, 2.45) is 0 Å². The molecule has 5 heteroatoms. The second-order valence-corrected chi connectivity index (χ2v) is 6.23. The van der Waals surface area contributed by atoms with Crippen LogP contribution in [-0.2, 0) is 16.8 Å². The van der Waals surface area contributed by atoms with Crippen molar-refractivity contribution in [2.75, 3.05) is 6.54 Å². The fourth-order valence-corrected chi connectivity index (χ4v) is 2.98. The molecule has 0 radical (unpaired) electrons. The Morgan fingerprint density at radius 1 is 1.27 bits per heavy atom. The Morgan fingerprint density at radius 3 is 2.59 bits per heavy atom. The minimum atomic E-state index is -0.288. The van der Waals surface area contributed by atoms with Gasteiger partial charge in [-0.2, -0.15) is 5.10 Å². The first-order valence-corrected chi connectivity index (χ1v) is 7.80. The average molecular weight is 298 g/mol. The zero-order valence-corrected chi connectivity index (χ0v) is 13.2. The fraction of sp³-hybridized carbons (Fsp3) is 0.471. The number of aromatic nitrogens is 3. The van der Waals surface area contributed by atoms with Gasteiger partial charge in [0, 0.05) is 13.1 Å². The molecule has 0 unspecified atom stereocenters. The van der Waals surface area contributed by atoms with E-state index in [2.05, 4.69) is 47.4 Å². The second-order valence-electron chi connectivity index (χ2n) is 6.23. The van der Waals surface area contributed by atoms with Gasteiger partial charge in [-0.15, -0.1) is 0 Å². The molecule has 0 saturated heterocycles. The smallest absolute Gasteiger partial charge is 0.230 e. The van der Waals surface area contributed by atoms with Crippen LogP contribution < -0.4 is 5.32 Å². The van der Waals surface area contributed by atoms with Gasteiger partial charge in [0.2, 0.25) is 5.91 Å². The Bertz CT molecular complexity index is 639. The lowest BCUT2D eigenvalue weighted by atomic mass is 9.92. The Hall–Kier alpha value is -2.17. The van der Waals surface area contributed by atoms with E-state index in [0.717, 1.165) is 25.8 Å². The summed E-state index contributed by atoms with van der Waals surface area (Å²) in [6.45, 7) is 5.62. The van der Waals surface area contributed by atoms with E-state index in [1.54, 1.807) is 11.0 Å². The number of aryl methyl sites for hydroxylation is 3. The molecular formula is C17H22N4O. The Balaban J connectivity index is 1.57. The van der Waals surface area contributed by atoms with E-state index < -0.39 is 0 Å². The molecule has 116 valence electrons. The van der Waals surface area contributed by atoms with E-state index in [9.17, 15) is 4.79 Å². The van der Waals surface area contributed by atoms with Crippen molar-refractivity contribution in [3.63, 3.8) is 0 Å². The predicted octanol–water partition coefficient (Wildman–Crippen LogP) is 2.13. The number of carbonyl (C=O) groups is 1. The minimum absolute atomic E-state index is 0.163. The molecular weight excluding hydrogens is 276 g/mol. The molecule has 1 aromatic heterocycles. The van der Waals surface area contributed by atoms with Crippen LogP contribution in [0.3, 0.4) is 0 Å². The highest BCUT2D eigenvalue weighted by atomic mass is 16.2. The standard InChI is InChI=1S/C17H22N4O/c1-13-8-14(2)10-15(9-13)17(4-5-17)16(22)19-6-3-7-21-12-18-11-20-21/h8-12H,3-7H2,1-2H3,(H,19,22). The fourth-order valence-electron chi connectivity index (χ4n) is 2.98. The van der Waals surface area contributed by atoms with Crippen LogP contribution in [0.1, 0.15) is 36.0 Å². The molecule has 1 fully saturated rings. The lowest BCUT2D eigenvalue weighted by Crippen LogP contribution is -2.35. The van der Waals surface area contributed by atoms with Gasteiger partial charge in [0.05, 0.1) is 5.41 Å². The van der Waals surface area contributed by atoms with Crippen LogP contribution in [0.15, 0.2) is 30.9 Å². The first kappa shape index (κ1) is 14.8. The molecule has 1 saturated carbocycles. The Kier molecular flexibility index (Phi) is 3.96. The number of hydrogen-bond donors (Lipinski definition) is 1. The van der Waals surface area contributed by atoms with Gasteiger partial charge in [0.1, 0.15) is 12.7 Å². The van der Waals surface area contributed by atoms with Crippen molar-refractivity contribution in [1.29, 1.82) is 0 Å². The lowest BCUT2D eigenvalue weighted by molar-refractivity contribution is -0.123. The molecule has 0 aliphatic heterocycles. The summed E-state index contributed by atoms with van der Waals surface area (Å²) in [5.74, 6) is 0.163. The monoisotopic (exact) mass is 298 g/mol. The normalized spacial score (nSPS) is 15.5. The summed E-state index contributed by atoms with van der Waals surface area (Å²) in [6.07, 6.45) is 5.98. The zero-order valence-electron chi connectivity index (χ0n) is 13.2. The second kappa shape index (κ2) is 5.91. The molecule has 1 aliphatic rings. The molecule has 5 nitrogen and oxygen atoms in total. The topological polar surface area (TPSA) is 59.8 Å². The first-order valence-electron chi connectivity index (χ1n) is 7.80. The Morgan fingerprint density at radius 2 is 2.00 bits per heavy atom. The maximum Gasteiger partial charge on any atom is 0.230 e. The molecule has 1 aliphatic carbocycles. The van der Waals surface area contributed by atoms with Crippen molar-refractivity contribution < 1.29 is 4.79 Å². The summed E-state index contributed by atoms with van der Waals surface area (Å²) in [5, 5.41) is 7.14. The van der Waals surface area contributed by atoms with Gasteiger partial charge in [0.15, 0.2) is 0 Å². The third kappa shape index (κ3) is 3.03. The number of rotatable bonds is 6. The summed E-state index contributed by atoms with van der Waals surface area (Å²) in [6, 6.07) is 6.44. The molecule has 0 bridgehead atoms. The first-order chi connectivity index (χ1) is 10.6. The van der Waals surface area contributed by atoms with Crippen molar-refractivity contribution in [3.05, 3.63) is 47.5 Å². The highest BCUT2D eigenvalue weighted by Crippen LogP contribution is 2.48. The van der Waals surface area contributed by atoms with E-state index >= 15 is 0 Å². The third-order valence-electron chi connectivity index (χ3n) is 4.28. The van der Waals surface area contributed by atoms with Crippen LogP contribution in [0, 0.1) is 13.8 Å². The summed E-state index contributed by atoms with van der Waals surface area (Å²) in [7, 11) is 0. The minimum Gasteiger partial charge on any atom is -0.355 e. The van der Waals surface area contributed by atoms with Crippen molar-refractivity contribution in [2.45, 2.75) is 45.1 Å². The van der Waals surface area contributed by atoms with E-state index in [0.29, 0.717) is 6.54 Å². The molecule has 2 aromatic rings. The van der Waals surface area contributed by atoms with Crippen LogP contribution in [0.4, 0.5) is 0 Å². The summed E-state index contributed by atoms with van der Waals surface area (Å²) in [4.78, 5) is 16.5. The number of nitrogens with zero attached hydrogens (tertiary/aromatic N) is 3. The highest BCUT2D eigenvalue weighted by Gasteiger charge is 2.51. The highest BCUT2D eigenvalue weighted by molar-refractivity contribution is 5.91. The number of amides is 1. The van der Waals surface area contributed by atoms with Crippen molar-refractivity contribution in [1.82, 2.24) is 20.1 Å². The summed E-state index contributed by atoms with van der Waals surface area (Å²) < 4.78 is 1.78. The lowest BCUT2D eigenvalue weighted by Gasteiger charge is -2.17. The van der Waals surface area contributed by atoms with Crippen LogP contribution >= 0.6 is 0 Å². The third-order valence-corrected chi connectivity index (χ3v) is 4.28. The van der Waals surface area contributed by atoms with Gasteiger partial charge in [-0.1, -0.05) is 29.3 Å². The molecule has 1 aromatic carbocycles. The van der Waals surface area contributed by atoms with Crippen LogP contribution in [0.5, 0.6) is 0 Å². The van der Waals surface area contributed by atoms with Crippen LogP contribution in [0.25, 0.3) is 0 Å². The van der Waals surface area contributed by atoms with Gasteiger partial charge in [0.25, 0.3) is 0 Å². The van der Waals surface area contributed by atoms with E-state index in [4.69, 9.17) is 0 Å². The van der Waals surface area contributed by atoms with E-state index in [1.165, 1.54) is 23.0 Å². The molecule has 0 atom stereocenters. The van der Waals surface area contributed by atoms with Gasteiger partial charge >= 0.3 is 0 Å². The Labute approximate surface area is 130 Å². The van der Waals surface area contributed by atoms with Crippen LogP contribution in [-0.4, -0.2) is 27.2 Å². The molecule has 1 heterocycles. The number of benzene rings is 1. The number of nitrogens with one attached hydrogen (secondary N) is 1. The van der Waals surface area contributed by atoms with Gasteiger partial charge in [-0.3, -0.25) is 9.48 Å². The summed E-state index contributed by atoms with van der Waals surface area (Å²) >= 11 is 0. The number of hydrogen-bond acceptors (Lipinski definition) is 3. The quantitative estimate of drug-likeness (QED) is 0.831. The van der Waals surface area contributed by atoms with Gasteiger partial charge in [-0.25, -0.2) is 4.98 Å². The van der Waals surface area contributed by atoms with Crippen molar-refractivity contribution in [3.8, 4) is 0 Å². The van der Waals surface area contributed by atoms with Gasteiger partial charge < -0.3 is 5.32 Å². The zero-order chi connectivity index (χ0) is 15.6. The van der Waals surface area contributed by atoms with E-state index in [1.807, 2.05) is 0 Å². The average Bonchev–Trinajstić information content (AvgIpc) is 3.13. The van der Waals surface area contributed by atoms with E-state index in [-0.39, 0.29) is 11.3 Å². The molecule has 0 spiro atoms. The predicted molar refractivity (Wildman–Crippen MR) is 84.5 cm³/mol.